The average molecular weight is 571 g/mol. The van der Waals surface area contributed by atoms with E-state index in [1.54, 1.807) is 0 Å². The fraction of sp³-hybridized carbons (Fsp3) is 0.714. The van der Waals surface area contributed by atoms with Gasteiger partial charge in [0.1, 0.15) is 24.4 Å². The van der Waals surface area contributed by atoms with Gasteiger partial charge in [-0.05, 0) is 38.0 Å². The molecule has 5 atom stereocenters. The molecule has 3 rings (SSSR count). The zero-order valence-corrected chi connectivity index (χ0v) is 23.4. The van der Waals surface area contributed by atoms with Gasteiger partial charge in [-0.15, -0.1) is 0 Å². The lowest BCUT2D eigenvalue weighted by Gasteiger charge is -2.37. The van der Waals surface area contributed by atoms with Gasteiger partial charge < -0.3 is 18.6 Å². The van der Waals surface area contributed by atoms with Crippen LogP contribution in [0, 0.1) is 10.1 Å². The monoisotopic (exact) mass is 569 g/mol. The summed E-state index contributed by atoms with van der Waals surface area (Å²) in [5.74, 6) is -0.803. The fourth-order valence-corrected chi connectivity index (χ4v) is 5.84. The van der Waals surface area contributed by atoms with E-state index < -0.39 is 36.1 Å². The SMILES string of the molecule is CC1(C)O[C@@H]2[C@H](O1)[C@@H](CO[Si](C)(C)C(C)(C)C)O[C@@H]2[C@@H](Br)c1cc(Cl)c(Cl)cc1[N+](=O)[O-]. The van der Waals surface area contributed by atoms with Crippen LogP contribution >= 0.6 is 39.1 Å². The summed E-state index contributed by atoms with van der Waals surface area (Å²) < 4.78 is 25.1. The van der Waals surface area contributed by atoms with Crippen molar-refractivity contribution in [2.24, 2.45) is 0 Å². The number of hydrogen-bond acceptors (Lipinski definition) is 6. The highest BCUT2D eigenvalue weighted by molar-refractivity contribution is 9.09. The molecular weight excluding hydrogens is 541 g/mol. The molecule has 0 N–H and O–H groups in total. The van der Waals surface area contributed by atoms with E-state index in [9.17, 15) is 10.1 Å². The summed E-state index contributed by atoms with van der Waals surface area (Å²) in [6.07, 6.45) is -1.72. The summed E-state index contributed by atoms with van der Waals surface area (Å²) in [5, 5.41) is 12.1. The van der Waals surface area contributed by atoms with Crippen molar-refractivity contribution in [1.29, 1.82) is 0 Å². The van der Waals surface area contributed by atoms with E-state index in [0.29, 0.717) is 12.2 Å². The Morgan fingerprint density at radius 1 is 1.22 bits per heavy atom. The molecule has 2 heterocycles. The van der Waals surface area contributed by atoms with Crippen molar-refractivity contribution in [2.75, 3.05) is 6.61 Å². The first-order chi connectivity index (χ1) is 14.5. The maximum Gasteiger partial charge on any atom is 0.275 e. The van der Waals surface area contributed by atoms with Gasteiger partial charge in [-0.3, -0.25) is 10.1 Å². The van der Waals surface area contributed by atoms with E-state index in [1.165, 1.54) is 12.1 Å². The minimum absolute atomic E-state index is 0.0509. The molecule has 0 amide bonds. The normalized spacial score (nSPS) is 28.6. The minimum Gasteiger partial charge on any atom is -0.414 e. The van der Waals surface area contributed by atoms with Crippen LogP contribution in [0.25, 0.3) is 0 Å². The molecule has 32 heavy (non-hydrogen) atoms. The van der Waals surface area contributed by atoms with Gasteiger partial charge in [0, 0.05) is 11.6 Å². The molecule has 1 aromatic rings. The zero-order chi connectivity index (χ0) is 24.2. The van der Waals surface area contributed by atoms with Crippen LogP contribution in [0.3, 0.4) is 0 Å². The molecule has 0 aliphatic carbocycles. The van der Waals surface area contributed by atoms with Gasteiger partial charge in [-0.2, -0.15) is 0 Å². The molecule has 11 heteroatoms. The minimum atomic E-state index is -2.01. The lowest BCUT2D eigenvalue weighted by atomic mass is 10.00. The van der Waals surface area contributed by atoms with Crippen LogP contribution in [0.1, 0.15) is 45.0 Å². The number of benzene rings is 1. The van der Waals surface area contributed by atoms with Gasteiger partial charge in [-0.1, -0.05) is 59.9 Å². The van der Waals surface area contributed by atoms with Gasteiger partial charge in [0.2, 0.25) is 0 Å². The third-order valence-electron chi connectivity index (χ3n) is 6.45. The van der Waals surface area contributed by atoms with Crippen LogP contribution in [-0.4, -0.2) is 50.1 Å². The van der Waals surface area contributed by atoms with Crippen molar-refractivity contribution in [3.63, 3.8) is 0 Å². The molecule has 1 aromatic carbocycles. The Morgan fingerprint density at radius 3 is 2.34 bits per heavy atom. The van der Waals surface area contributed by atoms with Crippen LogP contribution in [0.2, 0.25) is 28.2 Å². The highest BCUT2D eigenvalue weighted by Gasteiger charge is 2.57. The topological polar surface area (TPSA) is 80.1 Å². The second-order valence-corrected chi connectivity index (χ2v) is 16.9. The van der Waals surface area contributed by atoms with Crippen molar-refractivity contribution in [3.8, 4) is 0 Å². The largest absolute Gasteiger partial charge is 0.414 e. The second kappa shape index (κ2) is 9.07. The number of rotatable bonds is 6. The number of hydrogen-bond donors (Lipinski definition) is 0. The fourth-order valence-electron chi connectivity index (χ4n) is 3.70. The Morgan fingerprint density at radius 2 is 1.78 bits per heavy atom. The number of alkyl halides is 1. The Kier molecular flexibility index (Phi) is 7.47. The van der Waals surface area contributed by atoms with Crippen LogP contribution in [0.4, 0.5) is 5.69 Å². The van der Waals surface area contributed by atoms with Crippen molar-refractivity contribution in [3.05, 3.63) is 37.9 Å². The molecule has 7 nitrogen and oxygen atoms in total. The first-order valence-electron chi connectivity index (χ1n) is 10.5. The predicted octanol–water partition coefficient (Wildman–Crippen LogP) is 6.65. The van der Waals surface area contributed by atoms with Gasteiger partial charge in [0.25, 0.3) is 5.69 Å². The van der Waals surface area contributed by atoms with E-state index in [0.717, 1.165) is 0 Å². The number of nitrogens with zero attached hydrogens (tertiary/aromatic N) is 1. The molecule has 2 aliphatic rings. The number of ether oxygens (including phenoxy) is 3. The maximum atomic E-state index is 11.7. The van der Waals surface area contributed by atoms with E-state index in [1.807, 2.05) is 13.8 Å². The first-order valence-corrected chi connectivity index (χ1v) is 15.0. The molecule has 0 bridgehead atoms. The van der Waals surface area contributed by atoms with Crippen LogP contribution in [-0.2, 0) is 18.6 Å². The highest BCUT2D eigenvalue weighted by Crippen LogP contribution is 2.48. The Labute approximate surface area is 208 Å². The predicted molar refractivity (Wildman–Crippen MR) is 130 cm³/mol. The zero-order valence-electron chi connectivity index (χ0n) is 19.3. The summed E-state index contributed by atoms with van der Waals surface area (Å²) >= 11 is 15.8. The Balaban J connectivity index is 1.89. The molecular formula is C21H30BrCl2NO6Si. The molecule has 2 fully saturated rings. The summed E-state index contributed by atoms with van der Waals surface area (Å²) in [7, 11) is -2.01. The summed E-state index contributed by atoms with van der Waals surface area (Å²) in [6.45, 7) is 14.9. The van der Waals surface area contributed by atoms with Crippen LogP contribution in [0.5, 0.6) is 0 Å². The van der Waals surface area contributed by atoms with Gasteiger partial charge in [0.05, 0.1) is 26.4 Å². The number of nitro benzene ring substituents is 1. The third kappa shape index (κ3) is 5.20. The van der Waals surface area contributed by atoms with Crippen molar-refractivity contribution in [2.45, 2.75) is 87.8 Å². The average Bonchev–Trinajstić information content (AvgIpc) is 3.13. The Bertz CT molecular complexity index is 894. The highest BCUT2D eigenvalue weighted by atomic mass is 79.9. The van der Waals surface area contributed by atoms with E-state index in [4.69, 9.17) is 41.8 Å². The van der Waals surface area contributed by atoms with Crippen LogP contribution < -0.4 is 0 Å². The lowest BCUT2D eigenvalue weighted by molar-refractivity contribution is -0.385. The lowest BCUT2D eigenvalue weighted by Crippen LogP contribution is -2.44. The molecule has 0 aromatic heterocycles. The van der Waals surface area contributed by atoms with Crippen molar-refractivity contribution < 1.29 is 23.6 Å². The number of fused-ring (bicyclic) bond motifs is 1. The summed E-state index contributed by atoms with van der Waals surface area (Å²) in [6, 6.07) is 2.76. The maximum absolute atomic E-state index is 11.7. The smallest absolute Gasteiger partial charge is 0.275 e. The van der Waals surface area contributed by atoms with E-state index in [2.05, 4.69) is 49.8 Å². The number of halogens is 3. The van der Waals surface area contributed by atoms with Gasteiger partial charge in [-0.25, -0.2) is 0 Å². The first kappa shape index (κ1) is 26.3. The summed E-state index contributed by atoms with van der Waals surface area (Å²) in [5.41, 5.74) is 0.230. The second-order valence-electron chi connectivity index (χ2n) is 10.3. The molecule has 2 aliphatic heterocycles. The molecule has 0 spiro atoms. The quantitative estimate of drug-likeness (QED) is 0.165. The van der Waals surface area contributed by atoms with Crippen molar-refractivity contribution in [1.82, 2.24) is 0 Å². The van der Waals surface area contributed by atoms with Gasteiger partial charge >= 0.3 is 0 Å². The third-order valence-corrected chi connectivity index (χ3v) is 12.7. The molecule has 0 saturated carbocycles. The van der Waals surface area contributed by atoms with Crippen molar-refractivity contribution >= 4 is 53.1 Å². The van der Waals surface area contributed by atoms with Gasteiger partial charge in [0.15, 0.2) is 14.1 Å². The standard InChI is InChI=1S/C21H30BrCl2NO6Si/c1-20(2,3)32(6,7)28-10-15-17-19(31-21(4,5)30-17)18(29-15)16(22)11-8-12(23)13(24)9-14(11)25(26)27/h8-9,15-19H,10H2,1-7H3/t15-,16+,17-,18-,19-/m1/s1. The van der Waals surface area contributed by atoms with E-state index >= 15 is 0 Å². The number of nitro groups is 1. The van der Waals surface area contributed by atoms with E-state index in [-0.39, 0.29) is 33.0 Å². The Hall–Kier alpha value is -0.263. The molecule has 0 unspecified atom stereocenters. The van der Waals surface area contributed by atoms with Crippen LogP contribution in [0.15, 0.2) is 12.1 Å². The molecule has 0 radical (unpaired) electrons. The molecule has 2 saturated heterocycles. The summed E-state index contributed by atoms with van der Waals surface area (Å²) in [4.78, 5) is 10.6. The molecule has 180 valence electrons.